The van der Waals surface area contributed by atoms with Crippen molar-refractivity contribution >= 4 is 21.8 Å². The quantitative estimate of drug-likeness (QED) is 0.884. The SMILES string of the molecule is CC(C(=O)NCC1CCCC(O)C1)c1ccc(Br)cc1. The van der Waals surface area contributed by atoms with E-state index in [1.807, 2.05) is 31.2 Å². The first kappa shape index (κ1) is 15.5. The zero-order chi connectivity index (χ0) is 14.5. The van der Waals surface area contributed by atoms with Crippen LogP contribution in [0, 0.1) is 5.92 Å². The van der Waals surface area contributed by atoms with Gasteiger partial charge >= 0.3 is 0 Å². The van der Waals surface area contributed by atoms with E-state index in [1.165, 1.54) is 0 Å². The lowest BCUT2D eigenvalue weighted by Gasteiger charge is -2.26. The number of benzene rings is 1. The molecule has 1 aliphatic rings. The van der Waals surface area contributed by atoms with Crippen LogP contribution in [0.25, 0.3) is 0 Å². The maximum Gasteiger partial charge on any atom is 0.227 e. The summed E-state index contributed by atoms with van der Waals surface area (Å²) in [6.07, 6.45) is 3.69. The summed E-state index contributed by atoms with van der Waals surface area (Å²) >= 11 is 3.40. The molecule has 1 aromatic carbocycles. The lowest BCUT2D eigenvalue weighted by Crippen LogP contribution is -2.35. The third-order valence-corrected chi connectivity index (χ3v) is 4.61. The fourth-order valence-electron chi connectivity index (χ4n) is 2.75. The molecule has 0 aliphatic heterocycles. The van der Waals surface area contributed by atoms with Gasteiger partial charge in [-0.15, -0.1) is 0 Å². The highest BCUT2D eigenvalue weighted by atomic mass is 79.9. The molecule has 2 rings (SSSR count). The molecular weight excluding hydrogens is 318 g/mol. The molecule has 0 bridgehead atoms. The van der Waals surface area contributed by atoms with Gasteiger partial charge in [0.05, 0.1) is 12.0 Å². The van der Waals surface area contributed by atoms with E-state index in [-0.39, 0.29) is 17.9 Å². The van der Waals surface area contributed by atoms with Crippen molar-refractivity contribution in [3.05, 3.63) is 34.3 Å². The van der Waals surface area contributed by atoms with Crippen molar-refractivity contribution in [2.75, 3.05) is 6.54 Å². The molecule has 1 amide bonds. The predicted octanol–water partition coefficient (Wildman–Crippen LogP) is 3.22. The van der Waals surface area contributed by atoms with E-state index in [4.69, 9.17) is 0 Å². The van der Waals surface area contributed by atoms with Gasteiger partial charge in [-0.2, -0.15) is 0 Å². The smallest absolute Gasteiger partial charge is 0.227 e. The zero-order valence-corrected chi connectivity index (χ0v) is 13.4. The molecule has 20 heavy (non-hydrogen) atoms. The van der Waals surface area contributed by atoms with Crippen molar-refractivity contribution in [3.63, 3.8) is 0 Å². The van der Waals surface area contributed by atoms with Crippen LogP contribution in [0.2, 0.25) is 0 Å². The number of aliphatic hydroxyl groups is 1. The molecule has 3 nitrogen and oxygen atoms in total. The Morgan fingerprint density at radius 3 is 2.75 bits per heavy atom. The lowest BCUT2D eigenvalue weighted by atomic mass is 9.87. The van der Waals surface area contributed by atoms with E-state index in [0.717, 1.165) is 35.7 Å². The van der Waals surface area contributed by atoms with Crippen LogP contribution in [0.1, 0.15) is 44.1 Å². The second-order valence-electron chi connectivity index (χ2n) is 5.70. The summed E-state index contributed by atoms with van der Waals surface area (Å²) in [6, 6.07) is 7.85. The van der Waals surface area contributed by atoms with Gasteiger partial charge in [0.2, 0.25) is 5.91 Å². The van der Waals surface area contributed by atoms with E-state index in [0.29, 0.717) is 12.5 Å². The van der Waals surface area contributed by atoms with Crippen molar-refractivity contribution in [2.45, 2.75) is 44.6 Å². The molecular formula is C16H22BrNO2. The number of carbonyl (C=O) groups is 1. The summed E-state index contributed by atoms with van der Waals surface area (Å²) in [5, 5.41) is 12.7. The Morgan fingerprint density at radius 1 is 1.40 bits per heavy atom. The minimum Gasteiger partial charge on any atom is -0.393 e. The Morgan fingerprint density at radius 2 is 2.10 bits per heavy atom. The molecule has 110 valence electrons. The number of aliphatic hydroxyl groups excluding tert-OH is 1. The summed E-state index contributed by atoms with van der Waals surface area (Å²) in [6.45, 7) is 2.60. The van der Waals surface area contributed by atoms with Gasteiger partial charge < -0.3 is 10.4 Å². The van der Waals surface area contributed by atoms with Crippen LogP contribution < -0.4 is 5.32 Å². The van der Waals surface area contributed by atoms with Crippen LogP contribution in [0.4, 0.5) is 0 Å². The van der Waals surface area contributed by atoms with E-state index >= 15 is 0 Å². The number of nitrogens with one attached hydrogen (secondary N) is 1. The van der Waals surface area contributed by atoms with Crippen LogP contribution in [-0.2, 0) is 4.79 Å². The topological polar surface area (TPSA) is 49.3 Å². The van der Waals surface area contributed by atoms with Crippen molar-refractivity contribution in [3.8, 4) is 0 Å². The standard InChI is InChI=1S/C16H22BrNO2/c1-11(13-5-7-14(17)8-6-13)16(20)18-10-12-3-2-4-15(19)9-12/h5-8,11-12,15,19H,2-4,9-10H2,1H3,(H,18,20). The van der Waals surface area contributed by atoms with E-state index < -0.39 is 0 Å². The number of hydrogen-bond donors (Lipinski definition) is 2. The fourth-order valence-corrected chi connectivity index (χ4v) is 3.01. The average molecular weight is 340 g/mol. The second kappa shape index (κ2) is 7.23. The van der Waals surface area contributed by atoms with E-state index in [9.17, 15) is 9.90 Å². The number of halogens is 1. The maximum atomic E-state index is 12.2. The monoisotopic (exact) mass is 339 g/mol. The molecule has 0 aromatic heterocycles. The van der Waals surface area contributed by atoms with Crippen LogP contribution in [0.15, 0.2) is 28.7 Å². The van der Waals surface area contributed by atoms with Crippen molar-refractivity contribution in [2.24, 2.45) is 5.92 Å². The Labute approximate surface area is 128 Å². The molecule has 4 heteroatoms. The van der Waals surface area contributed by atoms with E-state index in [1.54, 1.807) is 0 Å². The molecule has 0 heterocycles. The second-order valence-corrected chi connectivity index (χ2v) is 6.62. The van der Waals surface area contributed by atoms with Crippen LogP contribution in [0.3, 0.4) is 0 Å². The predicted molar refractivity (Wildman–Crippen MR) is 83.5 cm³/mol. The van der Waals surface area contributed by atoms with Gasteiger partial charge in [0.1, 0.15) is 0 Å². The van der Waals surface area contributed by atoms with Crippen LogP contribution in [-0.4, -0.2) is 23.7 Å². The molecule has 3 unspecified atom stereocenters. The Bertz CT molecular complexity index is 446. The average Bonchev–Trinajstić information content (AvgIpc) is 2.45. The Hall–Kier alpha value is -0.870. The van der Waals surface area contributed by atoms with Gasteiger partial charge in [-0.05, 0) is 49.8 Å². The minimum absolute atomic E-state index is 0.0624. The molecule has 0 radical (unpaired) electrons. The molecule has 1 fully saturated rings. The van der Waals surface area contributed by atoms with Gasteiger partial charge in [0.25, 0.3) is 0 Å². The summed E-state index contributed by atoms with van der Waals surface area (Å²) in [5.41, 5.74) is 1.02. The lowest BCUT2D eigenvalue weighted by molar-refractivity contribution is -0.122. The third kappa shape index (κ3) is 4.32. The molecule has 0 saturated heterocycles. The number of hydrogen-bond acceptors (Lipinski definition) is 2. The highest BCUT2D eigenvalue weighted by Gasteiger charge is 2.22. The number of amides is 1. The first-order chi connectivity index (χ1) is 9.56. The first-order valence-corrected chi connectivity index (χ1v) is 8.07. The largest absolute Gasteiger partial charge is 0.393 e. The van der Waals surface area contributed by atoms with Gasteiger partial charge in [-0.25, -0.2) is 0 Å². The number of rotatable bonds is 4. The van der Waals surface area contributed by atoms with E-state index in [2.05, 4.69) is 21.2 Å². The maximum absolute atomic E-state index is 12.2. The zero-order valence-electron chi connectivity index (χ0n) is 11.8. The fraction of sp³-hybridized carbons (Fsp3) is 0.562. The molecule has 1 saturated carbocycles. The molecule has 0 spiro atoms. The summed E-state index contributed by atoms with van der Waals surface area (Å²) in [4.78, 5) is 12.2. The highest BCUT2D eigenvalue weighted by Crippen LogP contribution is 2.24. The van der Waals surface area contributed by atoms with Gasteiger partial charge in [-0.1, -0.05) is 34.5 Å². The Kier molecular flexibility index (Phi) is 5.61. The summed E-state index contributed by atoms with van der Waals surface area (Å²) < 4.78 is 1.02. The van der Waals surface area contributed by atoms with Gasteiger partial charge in [0, 0.05) is 11.0 Å². The van der Waals surface area contributed by atoms with Crippen LogP contribution in [0.5, 0.6) is 0 Å². The number of carbonyl (C=O) groups excluding carboxylic acids is 1. The summed E-state index contributed by atoms with van der Waals surface area (Å²) in [7, 11) is 0. The third-order valence-electron chi connectivity index (χ3n) is 4.08. The van der Waals surface area contributed by atoms with Gasteiger partial charge in [-0.3, -0.25) is 4.79 Å². The first-order valence-electron chi connectivity index (χ1n) is 7.27. The normalized spacial score (nSPS) is 24.1. The van der Waals surface area contributed by atoms with Crippen molar-refractivity contribution in [1.29, 1.82) is 0 Å². The molecule has 3 atom stereocenters. The minimum atomic E-state index is -0.186. The Balaban J connectivity index is 1.83. The van der Waals surface area contributed by atoms with Crippen LogP contribution >= 0.6 is 15.9 Å². The van der Waals surface area contributed by atoms with Crippen molar-refractivity contribution < 1.29 is 9.90 Å². The van der Waals surface area contributed by atoms with Crippen molar-refractivity contribution in [1.82, 2.24) is 5.32 Å². The van der Waals surface area contributed by atoms with Gasteiger partial charge in [0.15, 0.2) is 0 Å². The molecule has 1 aliphatic carbocycles. The highest BCUT2D eigenvalue weighted by molar-refractivity contribution is 9.10. The molecule has 2 N–H and O–H groups in total. The molecule has 1 aromatic rings. The summed E-state index contributed by atoms with van der Waals surface area (Å²) in [5.74, 6) is 0.337.